The van der Waals surface area contributed by atoms with Crippen molar-refractivity contribution in [3.8, 4) is 27.7 Å². The van der Waals surface area contributed by atoms with E-state index in [0.29, 0.717) is 11.7 Å². The second-order valence-electron chi connectivity index (χ2n) is 11.4. The predicted octanol–water partition coefficient (Wildman–Crippen LogP) is 9.97. The maximum Gasteiger partial charge on any atom is 0.328 e. The quantitative estimate of drug-likeness (QED) is 0.177. The van der Waals surface area contributed by atoms with Gasteiger partial charge in [-0.3, -0.25) is 0 Å². The fourth-order valence-electron chi connectivity index (χ4n) is 3.98. The molecule has 0 bridgehead atoms. The summed E-state index contributed by atoms with van der Waals surface area (Å²) in [7, 11) is -1.98. The van der Waals surface area contributed by atoms with Gasteiger partial charge in [-0.15, -0.1) is 11.3 Å². The highest BCUT2D eigenvalue weighted by Gasteiger charge is 2.39. The Morgan fingerprint density at radius 1 is 0.974 bits per heavy atom. The first-order chi connectivity index (χ1) is 17.9. The third-order valence-corrected chi connectivity index (χ3v) is 12.7. The van der Waals surface area contributed by atoms with Gasteiger partial charge in [0.05, 0.1) is 4.88 Å². The highest BCUT2D eigenvalue weighted by Crippen LogP contribution is 2.49. The van der Waals surface area contributed by atoms with Crippen LogP contribution in [0.5, 0.6) is 17.2 Å². The highest BCUT2D eigenvalue weighted by molar-refractivity contribution is 7.22. The normalized spacial score (nSPS) is 12.4. The minimum Gasteiger partial charge on any atom is -0.543 e. The van der Waals surface area contributed by atoms with Crippen molar-refractivity contribution < 1.29 is 19.1 Å². The first-order valence-electron chi connectivity index (χ1n) is 12.9. The van der Waals surface area contributed by atoms with Gasteiger partial charge in [-0.1, -0.05) is 71.0 Å². The summed E-state index contributed by atoms with van der Waals surface area (Å²) in [4.78, 5) is 11.9. The summed E-state index contributed by atoms with van der Waals surface area (Å²) >= 11 is 1.72. The number of carboxylic acids is 1. The van der Waals surface area contributed by atoms with Crippen molar-refractivity contribution in [2.45, 2.75) is 58.7 Å². The largest absolute Gasteiger partial charge is 0.543 e. The van der Waals surface area contributed by atoms with Crippen molar-refractivity contribution >= 4 is 41.8 Å². The average molecular weight is 545 g/mol. The molecule has 0 aliphatic heterocycles. The van der Waals surface area contributed by atoms with Crippen LogP contribution < -0.4 is 9.16 Å². The van der Waals surface area contributed by atoms with Crippen LogP contribution in [0.4, 0.5) is 0 Å². The number of thiophene rings is 1. The molecule has 0 amide bonds. The number of fused-ring (bicyclic) bond motifs is 1. The molecule has 1 N–H and O–H groups in total. The summed E-state index contributed by atoms with van der Waals surface area (Å²) in [6, 6.07) is 22.3. The molecule has 1 aromatic heterocycles. The molecule has 3 aromatic carbocycles. The summed E-state index contributed by atoms with van der Waals surface area (Å²) in [5.74, 6) is 1.81. The molecule has 0 radical (unpaired) electrons. The predicted molar refractivity (Wildman–Crippen MR) is 162 cm³/mol. The molecule has 0 unspecified atom stereocenters. The second kappa shape index (κ2) is 10.8. The molecule has 6 heteroatoms. The Bertz CT molecular complexity index is 1470. The van der Waals surface area contributed by atoms with Crippen LogP contribution in [-0.4, -0.2) is 19.4 Å². The first kappa shape index (κ1) is 27.7. The van der Waals surface area contributed by atoms with Crippen LogP contribution in [0.2, 0.25) is 18.1 Å². The summed E-state index contributed by atoms with van der Waals surface area (Å²) in [5, 5.41) is 10.1. The van der Waals surface area contributed by atoms with Gasteiger partial charge in [-0.2, -0.15) is 0 Å². The lowest BCUT2D eigenvalue weighted by Gasteiger charge is -2.36. The molecule has 0 saturated heterocycles. The van der Waals surface area contributed by atoms with E-state index in [-0.39, 0.29) is 5.04 Å². The van der Waals surface area contributed by atoms with Crippen molar-refractivity contribution in [3.63, 3.8) is 0 Å². The van der Waals surface area contributed by atoms with Gasteiger partial charge < -0.3 is 14.3 Å². The topological polar surface area (TPSA) is 55.8 Å². The van der Waals surface area contributed by atoms with E-state index in [1.54, 1.807) is 17.4 Å². The Kier molecular flexibility index (Phi) is 7.86. The van der Waals surface area contributed by atoms with Crippen molar-refractivity contribution in [2.75, 3.05) is 0 Å². The van der Waals surface area contributed by atoms with Crippen molar-refractivity contribution in [1.29, 1.82) is 0 Å². The molecule has 0 aliphatic carbocycles. The van der Waals surface area contributed by atoms with E-state index in [2.05, 4.69) is 90.2 Å². The van der Waals surface area contributed by atoms with Gasteiger partial charge in [-0.25, -0.2) is 4.79 Å². The Hall–Kier alpha value is -3.35. The fraction of sp³-hybridized carbons (Fsp3) is 0.281. The number of aliphatic carboxylic acids is 1. The Balaban J connectivity index is 1.80. The van der Waals surface area contributed by atoms with Gasteiger partial charge in [0.2, 0.25) is 8.32 Å². The first-order valence-corrected chi connectivity index (χ1v) is 16.6. The van der Waals surface area contributed by atoms with E-state index in [4.69, 9.17) is 14.3 Å². The van der Waals surface area contributed by atoms with Gasteiger partial charge in [0.25, 0.3) is 0 Å². The molecule has 4 rings (SSSR count). The molecular weight excluding hydrogens is 509 g/mol. The molecule has 0 spiro atoms. The molecule has 1 heterocycles. The molecule has 198 valence electrons. The zero-order valence-corrected chi connectivity index (χ0v) is 25.0. The van der Waals surface area contributed by atoms with Gasteiger partial charge in [0.15, 0.2) is 5.75 Å². The summed E-state index contributed by atoms with van der Waals surface area (Å²) in [5.41, 5.74) is 3.25. The number of carbonyl (C=O) groups is 1. The summed E-state index contributed by atoms with van der Waals surface area (Å²) in [6.45, 7) is 15.7. The minimum absolute atomic E-state index is 0.110. The molecular formula is C32H36O4SSi. The number of ether oxygens (including phenoxy) is 1. The monoisotopic (exact) mass is 544 g/mol. The van der Waals surface area contributed by atoms with Gasteiger partial charge in [0, 0.05) is 16.2 Å². The molecule has 4 aromatic rings. The Morgan fingerprint density at radius 2 is 1.63 bits per heavy atom. The van der Waals surface area contributed by atoms with Crippen LogP contribution in [0.15, 0.2) is 72.8 Å². The molecule has 0 saturated carbocycles. The number of hydrogen-bond acceptors (Lipinski definition) is 4. The zero-order chi connectivity index (χ0) is 27.7. The van der Waals surface area contributed by atoms with Gasteiger partial charge in [0.1, 0.15) is 11.5 Å². The third kappa shape index (κ3) is 6.03. The number of carboxylic acid groups (broad SMARTS) is 1. The minimum atomic E-state index is -1.98. The second-order valence-corrected chi connectivity index (χ2v) is 17.1. The van der Waals surface area contributed by atoms with E-state index in [1.807, 2.05) is 24.3 Å². The van der Waals surface area contributed by atoms with E-state index in [0.717, 1.165) is 38.1 Å². The summed E-state index contributed by atoms with van der Waals surface area (Å²) < 4.78 is 14.3. The standard InChI is InChI=1S/C32H36O4SSi/c1-21(2)25-10-8-9-11-26(25)31-30(35-23-15-12-22(13-16-23)14-19-29(33)34)27-18-17-24(20-28(27)37-31)36-38(6,7)32(3,4)5/h8-21H,1-7H3,(H,33,34). The molecule has 0 atom stereocenters. The van der Waals surface area contributed by atoms with E-state index < -0.39 is 14.3 Å². The van der Waals surface area contributed by atoms with Crippen molar-refractivity contribution in [1.82, 2.24) is 0 Å². The van der Waals surface area contributed by atoms with E-state index in [9.17, 15) is 4.79 Å². The number of benzene rings is 3. The smallest absolute Gasteiger partial charge is 0.328 e. The van der Waals surface area contributed by atoms with Crippen LogP contribution in [-0.2, 0) is 4.79 Å². The average Bonchev–Trinajstić information content (AvgIpc) is 3.19. The number of hydrogen-bond donors (Lipinski definition) is 1. The lowest BCUT2D eigenvalue weighted by atomic mass is 9.96. The zero-order valence-electron chi connectivity index (χ0n) is 23.2. The maximum absolute atomic E-state index is 10.9. The third-order valence-electron chi connectivity index (χ3n) is 7.14. The van der Waals surface area contributed by atoms with Crippen LogP contribution in [0.1, 0.15) is 51.7 Å². The molecule has 4 nitrogen and oxygen atoms in total. The number of rotatable bonds is 8. The lowest BCUT2D eigenvalue weighted by molar-refractivity contribution is -0.131. The molecule has 38 heavy (non-hydrogen) atoms. The Labute approximate surface area is 230 Å². The highest BCUT2D eigenvalue weighted by atomic mass is 32.1. The van der Waals surface area contributed by atoms with Gasteiger partial charge in [-0.05, 0) is 77.1 Å². The van der Waals surface area contributed by atoms with E-state index >= 15 is 0 Å². The van der Waals surface area contributed by atoms with Crippen LogP contribution in [0.3, 0.4) is 0 Å². The van der Waals surface area contributed by atoms with Crippen LogP contribution in [0, 0.1) is 0 Å². The van der Waals surface area contributed by atoms with Crippen molar-refractivity contribution in [3.05, 3.63) is 83.9 Å². The van der Waals surface area contributed by atoms with Crippen LogP contribution in [0.25, 0.3) is 26.6 Å². The maximum atomic E-state index is 10.9. The van der Waals surface area contributed by atoms with Gasteiger partial charge >= 0.3 is 5.97 Å². The Morgan fingerprint density at radius 3 is 2.26 bits per heavy atom. The lowest BCUT2D eigenvalue weighted by Crippen LogP contribution is -2.43. The van der Waals surface area contributed by atoms with E-state index in [1.165, 1.54) is 11.1 Å². The SMILES string of the molecule is CC(C)c1ccccc1-c1sc2cc(O[Si](C)(C)C(C)(C)C)ccc2c1Oc1ccc(C=CC(=O)O)cc1. The fourth-order valence-corrected chi connectivity index (χ4v) is 6.21. The van der Waals surface area contributed by atoms with Crippen molar-refractivity contribution in [2.24, 2.45) is 0 Å². The molecule has 0 fully saturated rings. The van der Waals surface area contributed by atoms with Crippen LogP contribution >= 0.6 is 11.3 Å². The summed E-state index contributed by atoms with van der Waals surface area (Å²) in [6.07, 6.45) is 2.70. The molecule has 0 aliphatic rings.